The van der Waals surface area contributed by atoms with Crippen LogP contribution in [0.3, 0.4) is 0 Å². The molecule has 4 nitrogen and oxygen atoms in total. The molecule has 0 radical (unpaired) electrons. The molecule has 0 unspecified atom stereocenters. The lowest BCUT2D eigenvalue weighted by atomic mass is 9.91. The Morgan fingerprint density at radius 1 is 1.30 bits per heavy atom. The van der Waals surface area contributed by atoms with Gasteiger partial charge >= 0.3 is 0 Å². The molecule has 0 spiro atoms. The molecule has 20 heavy (non-hydrogen) atoms. The molecule has 1 aromatic rings. The number of rotatable bonds is 7. The summed E-state index contributed by atoms with van der Waals surface area (Å²) in [7, 11) is -2.06. The summed E-state index contributed by atoms with van der Waals surface area (Å²) >= 11 is 0. The molecule has 114 valence electrons. The fraction of sp³-hybridized carbons (Fsp3) is 0.571. The van der Waals surface area contributed by atoms with Crippen molar-refractivity contribution in [3.8, 4) is 0 Å². The molecular formula is C14H23FN2O2S. The molecule has 0 aliphatic heterocycles. The molecule has 0 fully saturated rings. The Kier molecular flexibility index (Phi) is 5.68. The predicted octanol–water partition coefficient (Wildman–Crippen LogP) is 2.26. The van der Waals surface area contributed by atoms with Crippen molar-refractivity contribution in [3.63, 3.8) is 0 Å². The van der Waals surface area contributed by atoms with E-state index in [1.54, 1.807) is 13.1 Å². The van der Waals surface area contributed by atoms with Gasteiger partial charge in [0, 0.05) is 13.1 Å². The largest absolute Gasteiger partial charge is 0.316 e. The molecule has 0 atom stereocenters. The molecule has 0 saturated carbocycles. The van der Waals surface area contributed by atoms with Gasteiger partial charge in [0.1, 0.15) is 10.7 Å². The fourth-order valence-electron chi connectivity index (χ4n) is 1.57. The van der Waals surface area contributed by atoms with Gasteiger partial charge in [0.05, 0.1) is 0 Å². The lowest BCUT2D eigenvalue weighted by Gasteiger charge is -2.22. The molecule has 1 rings (SSSR count). The third kappa shape index (κ3) is 4.54. The summed E-state index contributed by atoms with van der Waals surface area (Å²) in [5, 5.41) is 2.89. The van der Waals surface area contributed by atoms with Crippen LogP contribution in [0.5, 0.6) is 0 Å². The highest BCUT2D eigenvalue weighted by atomic mass is 32.2. The summed E-state index contributed by atoms with van der Waals surface area (Å²) in [5.41, 5.74) is 0.549. The highest BCUT2D eigenvalue weighted by Gasteiger charge is 2.23. The second kappa shape index (κ2) is 6.65. The highest BCUT2D eigenvalue weighted by Crippen LogP contribution is 2.21. The van der Waals surface area contributed by atoms with Gasteiger partial charge in [0.2, 0.25) is 10.0 Å². The minimum absolute atomic E-state index is 0.157. The lowest BCUT2D eigenvalue weighted by molar-refractivity contribution is 0.350. The Morgan fingerprint density at radius 3 is 2.45 bits per heavy atom. The zero-order valence-electron chi connectivity index (χ0n) is 12.5. The van der Waals surface area contributed by atoms with Crippen LogP contribution in [-0.4, -0.2) is 22.0 Å². The van der Waals surface area contributed by atoms with Crippen LogP contribution in [0.15, 0.2) is 23.1 Å². The number of sulfonamides is 1. The number of nitrogens with one attached hydrogen (secondary N) is 2. The SMILES string of the molecule is CCC(C)(C)CNS(=O)(=O)c1ccc(CNC)cc1F. The van der Waals surface area contributed by atoms with Gasteiger partial charge in [-0.3, -0.25) is 0 Å². The van der Waals surface area contributed by atoms with E-state index in [4.69, 9.17) is 0 Å². The molecule has 0 aliphatic rings. The molecule has 6 heteroatoms. The smallest absolute Gasteiger partial charge is 0.243 e. The maximum atomic E-state index is 13.9. The molecule has 0 bridgehead atoms. The molecule has 0 saturated heterocycles. The van der Waals surface area contributed by atoms with Gasteiger partial charge in [-0.25, -0.2) is 17.5 Å². The summed E-state index contributed by atoms with van der Waals surface area (Å²) in [6, 6.07) is 4.17. The van der Waals surface area contributed by atoms with Crippen LogP contribution >= 0.6 is 0 Å². The Morgan fingerprint density at radius 2 is 1.95 bits per heavy atom. The fourth-order valence-corrected chi connectivity index (χ4v) is 2.87. The second-order valence-electron chi connectivity index (χ2n) is 5.64. The second-order valence-corrected chi connectivity index (χ2v) is 7.37. The van der Waals surface area contributed by atoms with Crippen molar-refractivity contribution in [1.82, 2.24) is 10.0 Å². The van der Waals surface area contributed by atoms with E-state index in [1.165, 1.54) is 12.1 Å². The van der Waals surface area contributed by atoms with Crippen molar-refractivity contribution in [1.29, 1.82) is 0 Å². The van der Waals surface area contributed by atoms with Crippen LogP contribution in [0.1, 0.15) is 32.8 Å². The molecule has 0 heterocycles. The Hall–Kier alpha value is -0.980. The van der Waals surface area contributed by atoms with Gasteiger partial charge in [0.15, 0.2) is 0 Å². The molecule has 0 amide bonds. The van der Waals surface area contributed by atoms with E-state index in [0.717, 1.165) is 6.42 Å². The number of halogens is 1. The van der Waals surface area contributed by atoms with E-state index in [0.29, 0.717) is 12.1 Å². The Bertz CT molecular complexity index is 556. The lowest BCUT2D eigenvalue weighted by Crippen LogP contribution is -2.34. The third-order valence-corrected chi connectivity index (χ3v) is 4.80. The molecule has 2 N–H and O–H groups in total. The third-order valence-electron chi connectivity index (χ3n) is 3.36. The number of benzene rings is 1. The van der Waals surface area contributed by atoms with Crippen molar-refractivity contribution in [2.75, 3.05) is 13.6 Å². The minimum atomic E-state index is -3.81. The maximum Gasteiger partial charge on any atom is 0.243 e. The topological polar surface area (TPSA) is 58.2 Å². The summed E-state index contributed by atoms with van der Waals surface area (Å²) in [5.74, 6) is -0.723. The van der Waals surface area contributed by atoms with Crippen LogP contribution in [0, 0.1) is 11.2 Å². The summed E-state index contributed by atoms with van der Waals surface area (Å²) < 4.78 is 40.6. The van der Waals surface area contributed by atoms with Crippen molar-refractivity contribution in [3.05, 3.63) is 29.6 Å². The zero-order valence-corrected chi connectivity index (χ0v) is 13.3. The van der Waals surface area contributed by atoms with Gasteiger partial charge in [-0.2, -0.15) is 0 Å². The molecule has 1 aromatic carbocycles. The first-order valence-electron chi connectivity index (χ1n) is 6.64. The van der Waals surface area contributed by atoms with Crippen LogP contribution < -0.4 is 10.0 Å². The van der Waals surface area contributed by atoms with Crippen molar-refractivity contribution in [2.45, 2.75) is 38.6 Å². The zero-order chi connectivity index (χ0) is 15.4. The Balaban J connectivity index is 2.93. The monoisotopic (exact) mass is 302 g/mol. The first-order valence-corrected chi connectivity index (χ1v) is 8.13. The van der Waals surface area contributed by atoms with Crippen LogP contribution in [0.2, 0.25) is 0 Å². The van der Waals surface area contributed by atoms with Gasteiger partial charge in [-0.15, -0.1) is 0 Å². The van der Waals surface area contributed by atoms with Gasteiger partial charge in [-0.05, 0) is 36.6 Å². The summed E-state index contributed by atoms with van der Waals surface area (Å²) in [4.78, 5) is -0.302. The predicted molar refractivity (Wildman–Crippen MR) is 78.4 cm³/mol. The number of hydrogen-bond acceptors (Lipinski definition) is 3. The van der Waals surface area contributed by atoms with E-state index in [-0.39, 0.29) is 16.9 Å². The van der Waals surface area contributed by atoms with Crippen LogP contribution in [0.4, 0.5) is 4.39 Å². The Labute approximate surface area is 120 Å². The van der Waals surface area contributed by atoms with E-state index in [1.807, 2.05) is 20.8 Å². The maximum absolute atomic E-state index is 13.9. The van der Waals surface area contributed by atoms with Gasteiger partial charge in [0.25, 0.3) is 0 Å². The van der Waals surface area contributed by atoms with E-state index in [9.17, 15) is 12.8 Å². The van der Waals surface area contributed by atoms with E-state index in [2.05, 4.69) is 10.0 Å². The first kappa shape index (κ1) is 17.1. The summed E-state index contributed by atoms with van der Waals surface area (Å²) in [6.45, 7) is 6.68. The van der Waals surface area contributed by atoms with E-state index < -0.39 is 15.8 Å². The highest BCUT2D eigenvalue weighted by molar-refractivity contribution is 7.89. The standard InChI is InChI=1S/C14H23FN2O2S/c1-5-14(2,3)10-17-20(18,19)13-7-6-11(9-16-4)8-12(13)15/h6-8,16-17H,5,9-10H2,1-4H3. The van der Waals surface area contributed by atoms with E-state index >= 15 is 0 Å². The average molecular weight is 302 g/mol. The normalized spacial score (nSPS) is 12.7. The van der Waals surface area contributed by atoms with Crippen LogP contribution in [0.25, 0.3) is 0 Å². The van der Waals surface area contributed by atoms with Gasteiger partial charge < -0.3 is 5.32 Å². The van der Waals surface area contributed by atoms with Crippen molar-refractivity contribution < 1.29 is 12.8 Å². The minimum Gasteiger partial charge on any atom is -0.316 e. The molecule has 0 aliphatic carbocycles. The average Bonchev–Trinajstić information content (AvgIpc) is 2.37. The summed E-state index contributed by atoms with van der Waals surface area (Å²) in [6.07, 6.45) is 0.832. The molecule has 0 aromatic heterocycles. The van der Waals surface area contributed by atoms with Crippen molar-refractivity contribution in [2.24, 2.45) is 5.41 Å². The first-order chi connectivity index (χ1) is 9.22. The quantitative estimate of drug-likeness (QED) is 0.812. The number of hydrogen-bond donors (Lipinski definition) is 2. The van der Waals surface area contributed by atoms with Crippen molar-refractivity contribution >= 4 is 10.0 Å². The molecular weight excluding hydrogens is 279 g/mol. The van der Waals surface area contributed by atoms with Crippen LogP contribution in [-0.2, 0) is 16.6 Å². The van der Waals surface area contributed by atoms with Gasteiger partial charge in [-0.1, -0.05) is 26.8 Å².